The summed E-state index contributed by atoms with van der Waals surface area (Å²) in [4.78, 5) is 40.4. The minimum atomic E-state index is -0.396. The standard InChI is InChI=1S/C15H16N2O2.C9H8O3.C6H8N2/c1-19-15(18)14-6-4-12(5-7-14)9-17-11-13-3-2-8-16-10-13;1-12-9(11)8-4-2-7(6-10)3-5-8;7-4-6-2-1-3-8-5-6/h2-8,10,17H,9,11H2,1H3;2-6H,1H3;1-3,5H,4,7H2. The summed E-state index contributed by atoms with van der Waals surface area (Å²) in [7, 11) is 2.70. The number of pyridine rings is 2. The number of carbonyl (C=O) groups is 3. The molecule has 2 heterocycles. The Morgan fingerprint density at radius 1 is 0.744 bits per heavy atom. The molecule has 0 fully saturated rings. The first-order chi connectivity index (χ1) is 19.0. The second kappa shape index (κ2) is 17.7. The van der Waals surface area contributed by atoms with Crippen molar-refractivity contribution in [2.75, 3.05) is 14.2 Å². The maximum absolute atomic E-state index is 11.3. The SMILES string of the molecule is COC(=O)c1ccc(C=O)cc1.COC(=O)c1ccc(CNCc2cccnc2)cc1.NCc1cccnc1. The number of nitrogens with two attached hydrogens (primary N) is 1. The van der Waals surface area contributed by atoms with E-state index < -0.39 is 5.97 Å². The van der Waals surface area contributed by atoms with Gasteiger partial charge in [-0.25, -0.2) is 9.59 Å². The summed E-state index contributed by atoms with van der Waals surface area (Å²) in [5, 5.41) is 3.32. The highest BCUT2D eigenvalue weighted by Crippen LogP contribution is 2.06. The number of rotatable bonds is 8. The van der Waals surface area contributed by atoms with Gasteiger partial charge in [-0.2, -0.15) is 0 Å². The average Bonchev–Trinajstić information content (AvgIpc) is 3.02. The first-order valence-corrected chi connectivity index (χ1v) is 12.0. The summed E-state index contributed by atoms with van der Waals surface area (Å²) in [6.07, 6.45) is 7.82. The maximum atomic E-state index is 11.3. The first kappa shape index (κ1) is 30.5. The van der Waals surface area contributed by atoms with Gasteiger partial charge in [0.05, 0.1) is 25.3 Å². The second-order valence-corrected chi connectivity index (χ2v) is 7.95. The van der Waals surface area contributed by atoms with Gasteiger partial charge >= 0.3 is 11.9 Å². The number of aromatic nitrogens is 2. The highest BCUT2D eigenvalue weighted by Gasteiger charge is 2.04. The maximum Gasteiger partial charge on any atom is 0.337 e. The van der Waals surface area contributed by atoms with Crippen LogP contribution in [0.3, 0.4) is 0 Å². The third kappa shape index (κ3) is 11.5. The molecule has 9 nitrogen and oxygen atoms in total. The molecule has 0 amide bonds. The van der Waals surface area contributed by atoms with Crippen LogP contribution in [0.5, 0.6) is 0 Å². The Bertz CT molecular complexity index is 1270. The number of carbonyl (C=O) groups excluding carboxylic acids is 3. The molecule has 39 heavy (non-hydrogen) atoms. The lowest BCUT2D eigenvalue weighted by atomic mass is 10.1. The minimum absolute atomic E-state index is 0.310. The third-order valence-corrected chi connectivity index (χ3v) is 5.18. The summed E-state index contributed by atoms with van der Waals surface area (Å²) in [5.41, 5.74) is 10.2. The molecule has 0 spiro atoms. The van der Waals surface area contributed by atoms with Crippen LogP contribution in [0, 0.1) is 0 Å². The number of nitrogens with one attached hydrogen (secondary N) is 1. The van der Waals surface area contributed by atoms with E-state index in [0.717, 1.165) is 36.1 Å². The first-order valence-electron chi connectivity index (χ1n) is 12.0. The molecule has 2 aromatic carbocycles. The van der Waals surface area contributed by atoms with Crippen molar-refractivity contribution in [2.24, 2.45) is 5.73 Å². The van der Waals surface area contributed by atoms with E-state index in [1.807, 2.05) is 42.6 Å². The smallest absolute Gasteiger partial charge is 0.337 e. The molecule has 2 aromatic heterocycles. The Labute approximate surface area is 228 Å². The Hall–Kier alpha value is -4.73. The van der Waals surface area contributed by atoms with E-state index in [0.29, 0.717) is 23.2 Å². The van der Waals surface area contributed by atoms with Gasteiger partial charge in [-0.3, -0.25) is 14.8 Å². The number of aldehydes is 1. The molecule has 0 saturated heterocycles. The van der Waals surface area contributed by atoms with E-state index in [1.54, 1.807) is 55.0 Å². The molecular weight excluding hydrogens is 496 g/mol. The quantitative estimate of drug-likeness (QED) is 0.257. The molecule has 4 rings (SSSR count). The molecule has 0 atom stereocenters. The summed E-state index contributed by atoms with van der Waals surface area (Å²) in [5.74, 6) is -0.706. The molecule has 9 heteroatoms. The van der Waals surface area contributed by atoms with Crippen molar-refractivity contribution >= 4 is 18.2 Å². The van der Waals surface area contributed by atoms with E-state index in [4.69, 9.17) is 5.73 Å². The van der Waals surface area contributed by atoms with E-state index in [9.17, 15) is 14.4 Å². The predicted molar refractivity (Wildman–Crippen MR) is 148 cm³/mol. The zero-order chi connectivity index (χ0) is 28.3. The molecule has 0 saturated carbocycles. The number of ether oxygens (including phenoxy) is 2. The fraction of sp³-hybridized carbons (Fsp3) is 0.167. The lowest BCUT2D eigenvalue weighted by molar-refractivity contribution is 0.0592. The van der Waals surface area contributed by atoms with Crippen molar-refractivity contribution in [3.05, 3.63) is 131 Å². The molecule has 3 N–H and O–H groups in total. The number of benzene rings is 2. The van der Waals surface area contributed by atoms with Crippen molar-refractivity contribution in [1.82, 2.24) is 15.3 Å². The van der Waals surface area contributed by atoms with Crippen LogP contribution < -0.4 is 11.1 Å². The molecule has 0 aliphatic heterocycles. The van der Waals surface area contributed by atoms with Crippen LogP contribution in [0.25, 0.3) is 0 Å². The lowest BCUT2D eigenvalue weighted by Crippen LogP contribution is -2.13. The van der Waals surface area contributed by atoms with Gasteiger partial charge in [0.1, 0.15) is 6.29 Å². The fourth-order valence-corrected chi connectivity index (χ4v) is 3.06. The Morgan fingerprint density at radius 3 is 1.64 bits per heavy atom. The van der Waals surface area contributed by atoms with Crippen molar-refractivity contribution in [3.63, 3.8) is 0 Å². The van der Waals surface area contributed by atoms with Gasteiger partial charge in [-0.1, -0.05) is 36.4 Å². The van der Waals surface area contributed by atoms with Crippen LogP contribution in [0.1, 0.15) is 47.8 Å². The normalized spacial score (nSPS) is 9.62. The van der Waals surface area contributed by atoms with Gasteiger partial charge in [-0.05, 0) is 53.1 Å². The highest BCUT2D eigenvalue weighted by atomic mass is 16.5. The summed E-state index contributed by atoms with van der Waals surface area (Å²) >= 11 is 0. The molecule has 0 unspecified atom stereocenters. The Kier molecular flexibility index (Phi) is 13.8. The van der Waals surface area contributed by atoms with E-state index in [-0.39, 0.29) is 5.97 Å². The Balaban J connectivity index is 0.000000227. The summed E-state index contributed by atoms with van der Waals surface area (Å²) in [6.45, 7) is 2.09. The molecule has 0 radical (unpaired) electrons. The fourth-order valence-electron chi connectivity index (χ4n) is 3.06. The van der Waals surface area contributed by atoms with E-state index >= 15 is 0 Å². The van der Waals surface area contributed by atoms with Gasteiger partial charge in [0.15, 0.2) is 0 Å². The zero-order valence-electron chi connectivity index (χ0n) is 21.9. The third-order valence-electron chi connectivity index (χ3n) is 5.18. The van der Waals surface area contributed by atoms with Gasteiger partial charge in [-0.15, -0.1) is 0 Å². The van der Waals surface area contributed by atoms with Gasteiger partial charge < -0.3 is 20.5 Å². The van der Waals surface area contributed by atoms with Crippen LogP contribution in [-0.4, -0.2) is 42.4 Å². The largest absolute Gasteiger partial charge is 0.465 e. The Morgan fingerprint density at radius 2 is 1.23 bits per heavy atom. The number of nitrogens with zero attached hydrogens (tertiary/aromatic N) is 2. The summed E-state index contributed by atoms with van der Waals surface area (Å²) < 4.78 is 9.14. The van der Waals surface area contributed by atoms with Crippen LogP contribution in [0.2, 0.25) is 0 Å². The molecule has 0 aliphatic carbocycles. The molecular formula is C30H32N4O5. The monoisotopic (exact) mass is 528 g/mol. The lowest BCUT2D eigenvalue weighted by Gasteiger charge is -2.05. The topological polar surface area (TPSA) is 134 Å². The number of methoxy groups -OCH3 is 2. The van der Waals surface area contributed by atoms with Gasteiger partial charge in [0, 0.05) is 50.0 Å². The van der Waals surface area contributed by atoms with Crippen molar-refractivity contribution in [2.45, 2.75) is 19.6 Å². The van der Waals surface area contributed by atoms with Gasteiger partial charge in [0.2, 0.25) is 0 Å². The molecule has 202 valence electrons. The summed E-state index contributed by atoms with van der Waals surface area (Å²) in [6, 6.07) is 21.4. The predicted octanol–water partition coefficient (Wildman–Crippen LogP) is 3.98. The number of hydrogen-bond donors (Lipinski definition) is 2. The van der Waals surface area contributed by atoms with Gasteiger partial charge in [0.25, 0.3) is 0 Å². The second-order valence-electron chi connectivity index (χ2n) is 7.95. The molecule has 4 aromatic rings. The average molecular weight is 529 g/mol. The van der Waals surface area contributed by atoms with Crippen molar-refractivity contribution in [1.29, 1.82) is 0 Å². The van der Waals surface area contributed by atoms with Crippen LogP contribution in [-0.2, 0) is 29.1 Å². The van der Waals surface area contributed by atoms with Crippen molar-refractivity contribution < 1.29 is 23.9 Å². The zero-order valence-corrected chi connectivity index (χ0v) is 21.9. The van der Waals surface area contributed by atoms with Crippen LogP contribution in [0.15, 0.2) is 97.6 Å². The van der Waals surface area contributed by atoms with Crippen LogP contribution >= 0.6 is 0 Å². The molecule has 0 aliphatic rings. The molecule has 0 bridgehead atoms. The highest BCUT2D eigenvalue weighted by molar-refractivity contribution is 5.90. The minimum Gasteiger partial charge on any atom is -0.465 e. The van der Waals surface area contributed by atoms with E-state index in [1.165, 1.54) is 14.2 Å². The van der Waals surface area contributed by atoms with Crippen molar-refractivity contribution in [3.8, 4) is 0 Å². The number of hydrogen-bond acceptors (Lipinski definition) is 9. The van der Waals surface area contributed by atoms with Crippen LogP contribution in [0.4, 0.5) is 0 Å². The van der Waals surface area contributed by atoms with E-state index in [2.05, 4.69) is 24.8 Å². The number of esters is 2.